The first kappa shape index (κ1) is 23.2. The summed E-state index contributed by atoms with van der Waals surface area (Å²) in [4.78, 5) is 3.32. The lowest BCUT2D eigenvalue weighted by Gasteiger charge is -2.10. The third-order valence-corrected chi connectivity index (χ3v) is 6.12. The second kappa shape index (κ2) is 8.89. The van der Waals surface area contributed by atoms with E-state index in [0.29, 0.717) is 40.5 Å². The van der Waals surface area contributed by atoms with Gasteiger partial charge in [-0.3, -0.25) is 4.98 Å². The number of nitrogens with zero attached hydrogens (tertiary/aromatic N) is 3. The van der Waals surface area contributed by atoms with Crippen molar-refractivity contribution in [3.05, 3.63) is 88.7 Å². The van der Waals surface area contributed by atoms with Gasteiger partial charge in [-0.1, -0.05) is 31.2 Å². The number of benzene rings is 2. The van der Waals surface area contributed by atoms with Gasteiger partial charge in [0.05, 0.1) is 5.56 Å². The van der Waals surface area contributed by atoms with Gasteiger partial charge in [-0.25, -0.2) is 0 Å². The Morgan fingerprint density at radius 2 is 1.94 bits per heavy atom. The Labute approximate surface area is 204 Å². The first-order valence-corrected chi connectivity index (χ1v) is 11.3. The molecule has 5 rings (SSSR count). The number of hydrazone groups is 1. The summed E-state index contributed by atoms with van der Waals surface area (Å²) in [7, 11) is 0. The number of imidazole rings is 1. The van der Waals surface area contributed by atoms with Gasteiger partial charge in [-0.2, -0.15) is 28.3 Å². The molecular weight excluding hydrogens is 467 g/mol. The molecule has 6 nitrogen and oxygen atoms in total. The average Bonchev–Trinajstić information content (AvgIpc) is 3.49. The van der Waals surface area contributed by atoms with Crippen molar-refractivity contribution in [1.82, 2.24) is 4.98 Å². The van der Waals surface area contributed by atoms with E-state index < -0.39 is 11.7 Å². The van der Waals surface area contributed by atoms with E-state index in [1.807, 2.05) is 42.5 Å². The Morgan fingerprint density at radius 1 is 1.14 bits per heavy atom. The number of fused-ring (bicyclic) bond motifs is 3. The maximum atomic E-state index is 13.1. The van der Waals surface area contributed by atoms with Crippen LogP contribution in [0, 0.1) is 18.3 Å². The molecule has 180 valence electrons. The molecule has 3 aromatic heterocycles. The predicted octanol–water partition coefficient (Wildman–Crippen LogP) is 6.37. The lowest BCUT2D eigenvalue weighted by molar-refractivity contribution is -0.465. The van der Waals surface area contributed by atoms with Crippen LogP contribution in [0.5, 0.6) is 0 Å². The van der Waals surface area contributed by atoms with Gasteiger partial charge in [-0.05, 0) is 55.3 Å². The maximum absolute atomic E-state index is 13.1. The van der Waals surface area contributed by atoms with E-state index in [2.05, 4.69) is 21.6 Å². The zero-order chi connectivity index (χ0) is 25.4. The van der Waals surface area contributed by atoms with E-state index >= 15 is 0 Å². The van der Waals surface area contributed by atoms with Crippen LogP contribution in [0.3, 0.4) is 0 Å². The molecule has 0 atom stereocenters. The Bertz CT molecular complexity index is 1670. The highest BCUT2D eigenvalue weighted by atomic mass is 19.4. The highest BCUT2D eigenvalue weighted by Crippen LogP contribution is 2.32. The van der Waals surface area contributed by atoms with Crippen molar-refractivity contribution in [2.24, 2.45) is 5.10 Å². The molecule has 2 aromatic carbocycles. The van der Waals surface area contributed by atoms with Crippen LogP contribution in [0.1, 0.15) is 34.9 Å². The number of nitriles is 1. The number of para-hydroxylation sites is 2. The van der Waals surface area contributed by atoms with Gasteiger partial charge in [0.2, 0.25) is 5.65 Å². The summed E-state index contributed by atoms with van der Waals surface area (Å²) in [5.41, 5.74) is 7.48. The van der Waals surface area contributed by atoms with Crippen LogP contribution < -0.4 is 9.83 Å². The molecule has 0 saturated heterocycles. The molecule has 9 heteroatoms. The molecule has 0 fully saturated rings. The molecular formula is C27H21F3N5O+. The van der Waals surface area contributed by atoms with E-state index in [0.717, 1.165) is 34.3 Å². The molecule has 0 amide bonds. The number of nitrogens with one attached hydrogen (secondary N) is 2. The molecule has 3 heterocycles. The fourth-order valence-corrected chi connectivity index (χ4v) is 4.40. The van der Waals surface area contributed by atoms with E-state index in [9.17, 15) is 18.4 Å². The van der Waals surface area contributed by atoms with Crippen LogP contribution >= 0.6 is 0 Å². The number of H-pyrrole nitrogens is 1. The number of halogens is 3. The fraction of sp³-hybridized carbons (Fsp3) is 0.148. The third-order valence-electron chi connectivity index (χ3n) is 6.12. The average molecular weight is 488 g/mol. The minimum Gasteiger partial charge on any atom is -0.455 e. The molecule has 0 saturated carbocycles. The van der Waals surface area contributed by atoms with Gasteiger partial charge < -0.3 is 4.42 Å². The van der Waals surface area contributed by atoms with Crippen LogP contribution in [-0.4, -0.2) is 11.2 Å². The Kier molecular flexibility index (Phi) is 5.72. The van der Waals surface area contributed by atoms with Gasteiger partial charge in [0.15, 0.2) is 0 Å². The highest BCUT2D eigenvalue weighted by Gasteiger charge is 2.30. The number of aromatic amines is 1. The fourth-order valence-electron chi connectivity index (χ4n) is 4.40. The second-order valence-electron chi connectivity index (χ2n) is 8.27. The summed E-state index contributed by atoms with van der Waals surface area (Å²) >= 11 is 0. The Hall–Kier alpha value is -4.58. The van der Waals surface area contributed by atoms with Crippen LogP contribution in [0.2, 0.25) is 0 Å². The number of alkyl halides is 3. The van der Waals surface area contributed by atoms with Crippen LogP contribution in [-0.2, 0) is 12.6 Å². The topological polar surface area (TPSA) is 81.2 Å². The van der Waals surface area contributed by atoms with Crippen molar-refractivity contribution < 1.29 is 22.0 Å². The number of hydrogen-bond acceptors (Lipinski definition) is 4. The van der Waals surface area contributed by atoms with Crippen molar-refractivity contribution >= 4 is 28.7 Å². The Balaban J connectivity index is 1.51. The SMILES string of the molecule is CCc1c(C)c(C#N)c2[nH]c3ccccc3[n+]2c1NN=Cc1ccc(-c2cccc(C(F)(F)F)c2)o1. The summed E-state index contributed by atoms with van der Waals surface area (Å²) in [6.45, 7) is 3.92. The monoisotopic (exact) mass is 488 g/mol. The zero-order valence-corrected chi connectivity index (χ0v) is 19.4. The van der Waals surface area contributed by atoms with Crippen molar-refractivity contribution in [1.29, 1.82) is 5.26 Å². The number of aromatic nitrogens is 2. The van der Waals surface area contributed by atoms with Crippen molar-refractivity contribution in [3.8, 4) is 17.4 Å². The van der Waals surface area contributed by atoms with Gasteiger partial charge >= 0.3 is 6.18 Å². The van der Waals surface area contributed by atoms with E-state index in [1.165, 1.54) is 12.3 Å². The molecule has 0 bridgehead atoms. The smallest absolute Gasteiger partial charge is 0.416 e. The lowest BCUT2D eigenvalue weighted by Crippen LogP contribution is -2.28. The summed E-state index contributed by atoms with van der Waals surface area (Å²) < 4.78 is 46.8. The van der Waals surface area contributed by atoms with Crippen molar-refractivity contribution in [2.45, 2.75) is 26.4 Å². The van der Waals surface area contributed by atoms with E-state index in [-0.39, 0.29) is 0 Å². The molecule has 0 unspecified atom stereocenters. The van der Waals surface area contributed by atoms with Gasteiger partial charge in [-0.15, -0.1) is 5.10 Å². The lowest BCUT2D eigenvalue weighted by atomic mass is 10.0. The summed E-state index contributed by atoms with van der Waals surface area (Å²) in [6.07, 6.45) is -2.30. The molecule has 0 aliphatic rings. The molecule has 5 aromatic rings. The number of furan rings is 1. The molecule has 0 spiro atoms. The normalized spacial score (nSPS) is 12.0. The van der Waals surface area contributed by atoms with E-state index in [4.69, 9.17) is 4.42 Å². The standard InChI is InChI=1S/C27H20F3N5O/c1-3-20-16(2)21(14-31)25-33-22-9-4-5-10-23(22)35(25)26(20)34-32-15-19-11-12-24(36-19)17-7-6-8-18(13-17)27(28,29)30/h4-13,15H,3H2,1-2H3,(H,33,34)/p+1. The largest absolute Gasteiger partial charge is 0.455 e. The van der Waals surface area contributed by atoms with Crippen molar-refractivity contribution in [2.75, 3.05) is 5.43 Å². The summed E-state index contributed by atoms with van der Waals surface area (Å²) in [5, 5.41) is 14.2. The number of rotatable bonds is 5. The van der Waals surface area contributed by atoms with Gasteiger partial charge in [0.1, 0.15) is 40.4 Å². The minimum atomic E-state index is -4.43. The van der Waals surface area contributed by atoms with Crippen molar-refractivity contribution in [3.63, 3.8) is 0 Å². The quantitative estimate of drug-likeness (QED) is 0.171. The number of pyridine rings is 1. The maximum Gasteiger partial charge on any atom is 0.416 e. The number of hydrogen-bond donors (Lipinski definition) is 2. The minimum absolute atomic E-state index is 0.305. The summed E-state index contributed by atoms with van der Waals surface area (Å²) in [6, 6.07) is 18.3. The van der Waals surface area contributed by atoms with E-state index in [1.54, 1.807) is 18.2 Å². The zero-order valence-electron chi connectivity index (χ0n) is 19.4. The molecule has 0 aliphatic carbocycles. The molecule has 0 radical (unpaired) electrons. The van der Waals surface area contributed by atoms with Gasteiger partial charge in [0, 0.05) is 11.1 Å². The first-order chi connectivity index (χ1) is 17.3. The van der Waals surface area contributed by atoms with Crippen LogP contribution in [0.25, 0.3) is 28.0 Å². The molecule has 0 aliphatic heterocycles. The Morgan fingerprint density at radius 3 is 2.69 bits per heavy atom. The number of anilines is 1. The molecule has 2 N–H and O–H groups in total. The highest BCUT2D eigenvalue weighted by molar-refractivity contribution is 5.80. The predicted molar refractivity (Wildman–Crippen MR) is 131 cm³/mol. The van der Waals surface area contributed by atoms with Crippen LogP contribution in [0.4, 0.5) is 19.0 Å². The van der Waals surface area contributed by atoms with Gasteiger partial charge in [0.25, 0.3) is 5.82 Å². The third kappa shape index (κ3) is 3.96. The summed E-state index contributed by atoms with van der Waals surface area (Å²) in [5.74, 6) is 1.39. The molecule has 36 heavy (non-hydrogen) atoms. The van der Waals surface area contributed by atoms with Crippen LogP contribution in [0.15, 0.2) is 70.2 Å². The first-order valence-electron chi connectivity index (χ1n) is 11.3. The second-order valence-corrected chi connectivity index (χ2v) is 8.27.